The van der Waals surface area contributed by atoms with Crippen molar-refractivity contribution in [2.24, 2.45) is 12.0 Å². The Balaban J connectivity index is 1.95. The van der Waals surface area contributed by atoms with E-state index >= 15 is 0 Å². The average Bonchev–Trinajstić information content (AvgIpc) is 2.85. The fourth-order valence-electron chi connectivity index (χ4n) is 2.77. The van der Waals surface area contributed by atoms with Crippen molar-refractivity contribution in [2.75, 3.05) is 20.2 Å². The van der Waals surface area contributed by atoms with Crippen LogP contribution in [0.2, 0.25) is 0 Å². The van der Waals surface area contributed by atoms with Gasteiger partial charge in [0.05, 0.1) is 19.3 Å². The number of guanidine groups is 1. The molecule has 25 heavy (non-hydrogen) atoms. The van der Waals surface area contributed by atoms with E-state index in [1.165, 1.54) is 11.3 Å². The minimum atomic E-state index is 0.609. The van der Waals surface area contributed by atoms with Crippen molar-refractivity contribution in [3.63, 3.8) is 0 Å². The van der Waals surface area contributed by atoms with Gasteiger partial charge >= 0.3 is 0 Å². The van der Waals surface area contributed by atoms with Crippen LogP contribution in [0.15, 0.2) is 29.3 Å². The van der Waals surface area contributed by atoms with Crippen molar-refractivity contribution < 1.29 is 4.74 Å². The highest BCUT2D eigenvalue weighted by atomic mass is 16.5. The molecule has 6 heteroatoms. The largest absolute Gasteiger partial charge is 0.497 e. The van der Waals surface area contributed by atoms with Crippen LogP contribution in [0.4, 0.5) is 0 Å². The first kappa shape index (κ1) is 18.8. The molecule has 2 rings (SSSR count). The third kappa shape index (κ3) is 5.24. The second kappa shape index (κ2) is 9.11. The fraction of sp³-hybridized carbons (Fsp3) is 0.474. The summed E-state index contributed by atoms with van der Waals surface area (Å²) < 4.78 is 7.20. The van der Waals surface area contributed by atoms with Gasteiger partial charge in [0.15, 0.2) is 5.96 Å². The lowest BCUT2D eigenvalue weighted by Crippen LogP contribution is -2.38. The topological polar surface area (TPSA) is 63.5 Å². The number of benzene rings is 1. The van der Waals surface area contributed by atoms with Crippen LogP contribution < -0.4 is 15.4 Å². The van der Waals surface area contributed by atoms with Gasteiger partial charge in [-0.25, -0.2) is 4.99 Å². The van der Waals surface area contributed by atoms with Gasteiger partial charge in [0.1, 0.15) is 5.75 Å². The first-order chi connectivity index (χ1) is 12.0. The maximum Gasteiger partial charge on any atom is 0.191 e. The van der Waals surface area contributed by atoms with Gasteiger partial charge in [0.25, 0.3) is 0 Å². The van der Waals surface area contributed by atoms with Crippen molar-refractivity contribution >= 4 is 5.96 Å². The van der Waals surface area contributed by atoms with Crippen LogP contribution in [0, 0.1) is 13.8 Å². The zero-order chi connectivity index (χ0) is 18.2. The molecule has 0 spiro atoms. The van der Waals surface area contributed by atoms with Crippen LogP contribution >= 0.6 is 0 Å². The van der Waals surface area contributed by atoms with Gasteiger partial charge in [-0.2, -0.15) is 5.10 Å². The Morgan fingerprint density at radius 1 is 1.28 bits per heavy atom. The maximum absolute atomic E-state index is 5.26. The minimum absolute atomic E-state index is 0.609. The summed E-state index contributed by atoms with van der Waals surface area (Å²) in [6.07, 6.45) is 0.926. The molecule has 2 N–H and O–H groups in total. The summed E-state index contributed by atoms with van der Waals surface area (Å²) in [6.45, 7) is 8.49. The third-order valence-electron chi connectivity index (χ3n) is 4.22. The number of ether oxygens (including phenoxy) is 1. The van der Waals surface area contributed by atoms with Gasteiger partial charge in [-0.05, 0) is 50.5 Å². The molecule has 6 nitrogen and oxygen atoms in total. The van der Waals surface area contributed by atoms with Crippen LogP contribution in [-0.4, -0.2) is 35.9 Å². The number of aryl methyl sites for hydroxylation is 2. The summed E-state index contributed by atoms with van der Waals surface area (Å²) in [5, 5.41) is 11.2. The molecule has 2 aromatic rings. The summed E-state index contributed by atoms with van der Waals surface area (Å²) >= 11 is 0. The quantitative estimate of drug-likeness (QED) is 0.598. The zero-order valence-corrected chi connectivity index (χ0v) is 15.9. The van der Waals surface area contributed by atoms with E-state index in [0.29, 0.717) is 6.54 Å². The predicted octanol–water partition coefficient (Wildman–Crippen LogP) is 2.34. The second-order valence-electron chi connectivity index (χ2n) is 6.00. The Morgan fingerprint density at radius 2 is 2.08 bits per heavy atom. The molecular weight excluding hydrogens is 314 g/mol. The Labute approximate surface area is 150 Å². The van der Waals surface area contributed by atoms with Gasteiger partial charge in [-0.15, -0.1) is 0 Å². The van der Waals surface area contributed by atoms with Crippen LogP contribution in [0.5, 0.6) is 5.75 Å². The monoisotopic (exact) mass is 343 g/mol. The summed E-state index contributed by atoms with van der Waals surface area (Å²) in [7, 11) is 3.66. The zero-order valence-electron chi connectivity index (χ0n) is 15.9. The van der Waals surface area contributed by atoms with Crippen LogP contribution in [0.1, 0.15) is 29.4 Å². The van der Waals surface area contributed by atoms with Gasteiger partial charge in [0, 0.05) is 25.8 Å². The Hall–Kier alpha value is -2.50. The first-order valence-corrected chi connectivity index (χ1v) is 8.69. The molecule has 0 aliphatic heterocycles. The molecule has 0 unspecified atom stereocenters. The van der Waals surface area contributed by atoms with E-state index in [-0.39, 0.29) is 0 Å². The molecule has 136 valence electrons. The Kier molecular flexibility index (Phi) is 6.86. The third-order valence-corrected chi connectivity index (χ3v) is 4.22. The number of nitrogens with one attached hydrogen (secondary N) is 2. The molecule has 0 bridgehead atoms. The number of methoxy groups -OCH3 is 1. The van der Waals surface area contributed by atoms with Crippen LogP contribution in [-0.2, 0) is 20.0 Å². The first-order valence-electron chi connectivity index (χ1n) is 8.69. The lowest BCUT2D eigenvalue weighted by molar-refractivity contribution is 0.414. The molecular formula is C19H29N5O. The van der Waals surface area contributed by atoms with Gasteiger partial charge in [-0.3, -0.25) is 4.68 Å². The number of hydrogen-bond acceptors (Lipinski definition) is 3. The summed E-state index contributed by atoms with van der Waals surface area (Å²) in [5.74, 6) is 1.68. The Bertz CT molecular complexity index is 721. The highest BCUT2D eigenvalue weighted by Gasteiger charge is 2.09. The molecule has 0 saturated carbocycles. The Morgan fingerprint density at radius 3 is 2.72 bits per heavy atom. The van der Waals surface area contributed by atoms with Crippen molar-refractivity contribution in [3.05, 3.63) is 46.8 Å². The second-order valence-corrected chi connectivity index (χ2v) is 6.00. The maximum atomic E-state index is 5.26. The van der Waals surface area contributed by atoms with Gasteiger partial charge in [0.2, 0.25) is 0 Å². The lowest BCUT2D eigenvalue weighted by atomic mass is 10.1. The SMILES string of the molecule is CCNC(=NCc1cccc(OC)c1)NCCc1c(C)nn(C)c1C. The van der Waals surface area contributed by atoms with E-state index in [9.17, 15) is 0 Å². The fourth-order valence-corrected chi connectivity index (χ4v) is 2.77. The number of rotatable bonds is 7. The summed E-state index contributed by atoms with van der Waals surface area (Å²) in [6, 6.07) is 7.99. The minimum Gasteiger partial charge on any atom is -0.497 e. The van der Waals surface area contributed by atoms with Crippen molar-refractivity contribution in [2.45, 2.75) is 33.7 Å². The molecule has 1 heterocycles. The molecule has 0 radical (unpaired) electrons. The number of aromatic nitrogens is 2. The molecule has 0 saturated heterocycles. The average molecular weight is 343 g/mol. The summed E-state index contributed by atoms with van der Waals surface area (Å²) in [5.41, 5.74) is 4.74. The molecule has 0 aliphatic carbocycles. The highest BCUT2D eigenvalue weighted by Crippen LogP contribution is 2.13. The van der Waals surface area contributed by atoms with Crippen molar-refractivity contribution in [1.29, 1.82) is 0 Å². The van der Waals surface area contributed by atoms with Gasteiger partial charge < -0.3 is 15.4 Å². The van der Waals surface area contributed by atoms with E-state index in [4.69, 9.17) is 4.74 Å². The van der Waals surface area contributed by atoms with E-state index in [2.05, 4.69) is 47.6 Å². The lowest BCUT2D eigenvalue weighted by Gasteiger charge is -2.12. The van der Waals surface area contributed by atoms with E-state index in [1.807, 2.05) is 29.9 Å². The standard InChI is InChI=1S/C19H29N5O/c1-6-20-19(22-13-16-8-7-9-17(12-16)25-5)21-11-10-18-14(2)23-24(4)15(18)3/h7-9,12H,6,10-11,13H2,1-5H3,(H2,20,21,22). The highest BCUT2D eigenvalue weighted by molar-refractivity contribution is 5.79. The molecule has 1 aromatic carbocycles. The molecule has 0 fully saturated rings. The number of hydrogen-bond donors (Lipinski definition) is 2. The molecule has 0 atom stereocenters. The van der Waals surface area contributed by atoms with Crippen LogP contribution in [0.25, 0.3) is 0 Å². The van der Waals surface area contributed by atoms with Gasteiger partial charge in [-0.1, -0.05) is 12.1 Å². The van der Waals surface area contributed by atoms with E-state index in [1.54, 1.807) is 7.11 Å². The molecule has 0 amide bonds. The predicted molar refractivity (Wildman–Crippen MR) is 102 cm³/mol. The normalized spacial score (nSPS) is 11.5. The van der Waals surface area contributed by atoms with Crippen molar-refractivity contribution in [1.82, 2.24) is 20.4 Å². The molecule has 0 aliphatic rings. The number of aliphatic imine (C=N–C) groups is 1. The smallest absolute Gasteiger partial charge is 0.191 e. The number of nitrogens with zero attached hydrogens (tertiary/aromatic N) is 3. The molecule has 1 aromatic heterocycles. The van der Waals surface area contributed by atoms with E-state index in [0.717, 1.165) is 42.5 Å². The summed E-state index contributed by atoms with van der Waals surface area (Å²) in [4.78, 5) is 4.66. The van der Waals surface area contributed by atoms with Crippen LogP contribution in [0.3, 0.4) is 0 Å². The van der Waals surface area contributed by atoms with Crippen molar-refractivity contribution in [3.8, 4) is 5.75 Å². The van der Waals surface area contributed by atoms with E-state index < -0.39 is 0 Å².